The van der Waals surface area contributed by atoms with Crippen molar-refractivity contribution in [3.05, 3.63) is 58.6 Å². The van der Waals surface area contributed by atoms with Gasteiger partial charge in [-0.2, -0.15) is 0 Å². The lowest BCUT2D eigenvalue weighted by molar-refractivity contribution is -0.168. The summed E-state index contributed by atoms with van der Waals surface area (Å²) >= 11 is 6.18. The standard InChI is InChI=1S/C29H31ClF2N4O8/c1-15(33-25(39)18-9-19(30)20(34-16(2)37)10-23(18)42-3)27(41)36-14-29(31,32)12-22(36)26(40)35-21-11-24(38)44-28(21)43-13-17-7-5-4-6-8-17/h4-10,15,21-22,28H,11-14H2,1-3H3,(H,33,39)(H,34,37)(H,35,40). The van der Waals surface area contributed by atoms with Crippen molar-refractivity contribution in [2.45, 2.75) is 63.6 Å². The van der Waals surface area contributed by atoms with E-state index >= 15 is 0 Å². The highest BCUT2D eigenvalue weighted by atomic mass is 35.5. The summed E-state index contributed by atoms with van der Waals surface area (Å²) in [4.78, 5) is 63.7. The number of carbonyl (C=O) groups excluding carboxylic acids is 5. The van der Waals surface area contributed by atoms with E-state index in [2.05, 4.69) is 16.0 Å². The van der Waals surface area contributed by atoms with Crippen LogP contribution in [0.3, 0.4) is 0 Å². The predicted molar refractivity (Wildman–Crippen MR) is 152 cm³/mol. The summed E-state index contributed by atoms with van der Waals surface area (Å²) in [5.41, 5.74) is 0.888. The van der Waals surface area contributed by atoms with Crippen LogP contribution in [0.1, 0.15) is 42.6 Å². The van der Waals surface area contributed by atoms with Gasteiger partial charge in [-0.15, -0.1) is 0 Å². The second-order valence-corrected chi connectivity index (χ2v) is 10.8. The van der Waals surface area contributed by atoms with E-state index in [4.69, 9.17) is 25.8 Å². The van der Waals surface area contributed by atoms with Gasteiger partial charge >= 0.3 is 5.97 Å². The first-order chi connectivity index (χ1) is 20.8. The number of ether oxygens (including phenoxy) is 3. The number of methoxy groups -OCH3 is 1. The molecular formula is C29H31ClF2N4O8. The van der Waals surface area contributed by atoms with Gasteiger partial charge in [0.25, 0.3) is 11.8 Å². The third kappa shape index (κ3) is 7.80. The van der Waals surface area contributed by atoms with Crippen LogP contribution in [0.5, 0.6) is 5.75 Å². The Labute approximate surface area is 256 Å². The number of halogens is 3. The predicted octanol–water partition coefficient (Wildman–Crippen LogP) is 2.64. The summed E-state index contributed by atoms with van der Waals surface area (Å²) in [6.45, 7) is 1.56. The molecule has 2 heterocycles. The van der Waals surface area contributed by atoms with Gasteiger partial charge in [0.1, 0.15) is 23.9 Å². The van der Waals surface area contributed by atoms with Crippen LogP contribution in [0.25, 0.3) is 0 Å². The lowest BCUT2D eigenvalue weighted by Crippen LogP contribution is -2.54. The Morgan fingerprint density at radius 3 is 2.55 bits per heavy atom. The van der Waals surface area contributed by atoms with Crippen molar-refractivity contribution in [1.29, 1.82) is 0 Å². The van der Waals surface area contributed by atoms with Crippen LogP contribution in [-0.2, 0) is 35.3 Å². The molecule has 2 aliphatic rings. The number of carbonyl (C=O) groups is 5. The van der Waals surface area contributed by atoms with E-state index in [0.29, 0.717) is 4.90 Å². The van der Waals surface area contributed by atoms with E-state index in [0.717, 1.165) is 5.56 Å². The second-order valence-electron chi connectivity index (χ2n) is 10.4. The van der Waals surface area contributed by atoms with Gasteiger partial charge in [-0.05, 0) is 18.6 Å². The topological polar surface area (TPSA) is 152 Å². The molecule has 0 bridgehead atoms. The van der Waals surface area contributed by atoms with Crippen LogP contribution < -0.4 is 20.7 Å². The molecule has 2 aliphatic heterocycles. The molecule has 4 amide bonds. The zero-order chi connectivity index (χ0) is 32.2. The van der Waals surface area contributed by atoms with Gasteiger partial charge in [-0.1, -0.05) is 41.9 Å². The van der Waals surface area contributed by atoms with Gasteiger partial charge in [0, 0.05) is 19.4 Å². The summed E-state index contributed by atoms with van der Waals surface area (Å²) in [5.74, 6) is -7.09. The number of rotatable bonds is 10. The van der Waals surface area contributed by atoms with Gasteiger partial charge in [0.15, 0.2) is 0 Å². The van der Waals surface area contributed by atoms with Crippen molar-refractivity contribution in [3.63, 3.8) is 0 Å². The molecule has 236 valence electrons. The van der Waals surface area contributed by atoms with Crippen molar-refractivity contribution in [3.8, 4) is 5.75 Å². The van der Waals surface area contributed by atoms with Gasteiger partial charge in [0.05, 0.1) is 43.0 Å². The minimum atomic E-state index is -3.39. The molecule has 0 aliphatic carbocycles. The van der Waals surface area contributed by atoms with Crippen molar-refractivity contribution in [1.82, 2.24) is 15.5 Å². The second kappa shape index (κ2) is 13.6. The number of cyclic esters (lactones) is 1. The van der Waals surface area contributed by atoms with Crippen molar-refractivity contribution in [2.24, 2.45) is 0 Å². The molecule has 0 spiro atoms. The van der Waals surface area contributed by atoms with Crippen LogP contribution in [0.2, 0.25) is 5.02 Å². The van der Waals surface area contributed by atoms with Gasteiger partial charge < -0.3 is 35.1 Å². The zero-order valence-corrected chi connectivity index (χ0v) is 24.8. The molecule has 44 heavy (non-hydrogen) atoms. The highest BCUT2D eigenvalue weighted by Crippen LogP contribution is 2.34. The van der Waals surface area contributed by atoms with Crippen LogP contribution in [0.15, 0.2) is 42.5 Å². The summed E-state index contributed by atoms with van der Waals surface area (Å²) in [6, 6.07) is 7.62. The number of amides is 4. The number of benzene rings is 2. The van der Waals surface area contributed by atoms with E-state index in [1.54, 1.807) is 24.3 Å². The minimum Gasteiger partial charge on any atom is -0.496 e. The highest BCUT2D eigenvalue weighted by molar-refractivity contribution is 6.34. The van der Waals surface area contributed by atoms with Crippen LogP contribution in [0, 0.1) is 0 Å². The fraction of sp³-hybridized carbons (Fsp3) is 0.414. The smallest absolute Gasteiger partial charge is 0.310 e. The maximum atomic E-state index is 14.6. The number of nitrogens with zero attached hydrogens (tertiary/aromatic N) is 1. The maximum absolute atomic E-state index is 14.6. The molecule has 0 radical (unpaired) electrons. The minimum absolute atomic E-state index is 0.0153. The van der Waals surface area contributed by atoms with E-state index in [1.165, 1.54) is 33.1 Å². The fourth-order valence-corrected chi connectivity index (χ4v) is 5.10. The Balaban J connectivity index is 1.44. The first-order valence-electron chi connectivity index (χ1n) is 13.6. The molecule has 2 aromatic carbocycles. The van der Waals surface area contributed by atoms with Gasteiger partial charge in [-0.3, -0.25) is 24.0 Å². The van der Waals surface area contributed by atoms with Crippen LogP contribution in [0.4, 0.5) is 14.5 Å². The molecule has 0 aromatic heterocycles. The Hall–Kier alpha value is -4.30. The summed E-state index contributed by atoms with van der Waals surface area (Å²) in [5, 5.41) is 7.45. The first kappa shape index (κ1) is 32.6. The maximum Gasteiger partial charge on any atom is 0.310 e. The quantitative estimate of drug-likeness (QED) is 0.337. The monoisotopic (exact) mass is 636 g/mol. The van der Waals surface area contributed by atoms with Crippen molar-refractivity contribution in [2.75, 3.05) is 19.0 Å². The number of anilines is 1. The van der Waals surface area contributed by atoms with Crippen LogP contribution in [-0.4, -0.2) is 78.5 Å². The Morgan fingerprint density at radius 2 is 1.89 bits per heavy atom. The lowest BCUT2D eigenvalue weighted by atomic mass is 10.1. The van der Waals surface area contributed by atoms with E-state index in [1.807, 2.05) is 6.07 Å². The summed E-state index contributed by atoms with van der Waals surface area (Å²) < 4.78 is 45.2. The van der Waals surface area contributed by atoms with Gasteiger partial charge in [0.2, 0.25) is 24.0 Å². The van der Waals surface area contributed by atoms with Crippen molar-refractivity contribution >= 4 is 46.9 Å². The Morgan fingerprint density at radius 1 is 1.18 bits per heavy atom. The third-order valence-corrected chi connectivity index (χ3v) is 7.28. The molecule has 4 rings (SSSR count). The van der Waals surface area contributed by atoms with Crippen molar-refractivity contribution < 1.29 is 47.0 Å². The van der Waals surface area contributed by atoms with E-state index in [-0.39, 0.29) is 35.1 Å². The summed E-state index contributed by atoms with van der Waals surface area (Å²) in [6.07, 6.45) is -2.37. The average Bonchev–Trinajstić information content (AvgIpc) is 3.49. The molecule has 4 unspecified atom stereocenters. The van der Waals surface area contributed by atoms with Crippen LogP contribution >= 0.6 is 11.6 Å². The van der Waals surface area contributed by atoms with E-state index < -0.39 is 72.9 Å². The molecule has 3 N–H and O–H groups in total. The first-order valence-corrected chi connectivity index (χ1v) is 14.0. The molecule has 2 saturated heterocycles. The van der Waals surface area contributed by atoms with Gasteiger partial charge in [-0.25, -0.2) is 8.78 Å². The molecule has 2 fully saturated rings. The van der Waals surface area contributed by atoms with E-state index in [9.17, 15) is 32.8 Å². The molecule has 12 nitrogen and oxygen atoms in total. The molecule has 0 saturated carbocycles. The Kier molecular flexibility index (Phi) is 10.0. The number of nitrogens with one attached hydrogen (secondary N) is 3. The number of hydrogen-bond acceptors (Lipinski definition) is 8. The molecule has 4 atom stereocenters. The molecular weight excluding hydrogens is 606 g/mol. The highest BCUT2D eigenvalue weighted by Gasteiger charge is 2.51. The Bertz CT molecular complexity index is 1440. The number of alkyl halides is 2. The zero-order valence-electron chi connectivity index (χ0n) is 24.0. The molecule has 2 aromatic rings. The fourth-order valence-electron chi connectivity index (χ4n) is 4.89. The average molecular weight is 637 g/mol. The lowest BCUT2D eigenvalue weighted by Gasteiger charge is -2.28. The number of hydrogen-bond donors (Lipinski definition) is 3. The summed E-state index contributed by atoms with van der Waals surface area (Å²) in [7, 11) is 1.28. The largest absolute Gasteiger partial charge is 0.496 e. The number of esters is 1. The normalized spacial score (nSPS) is 21.3. The SMILES string of the molecule is COc1cc(NC(C)=O)c(Cl)cc1C(=O)NC(C)C(=O)N1CC(F)(F)CC1C(=O)NC1CC(=O)OC1OCc1ccccc1. The number of likely N-dealkylation sites (tertiary alicyclic amines) is 1. The third-order valence-electron chi connectivity index (χ3n) is 6.97. The molecule has 15 heteroatoms.